The van der Waals surface area contributed by atoms with Crippen molar-refractivity contribution in [1.82, 2.24) is 14.5 Å². The number of hydrogen-bond acceptors (Lipinski definition) is 4. The van der Waals surface area contributed by atoms with Crippen LogP contribution < -0.4 is 5.56 Å². The van der Waals surface area contributed by atoms with Gasteiger partial charge in [0.1, 0.15) is 0 Å². The topological polar surface area (TPSA) is 75.4 Å². The van der Waals surface area contributed by atoms with E-state index in [4.69, 9.17) is 11.6 Å². The molecule has 4 rings (SSSR count). The number of likely N-dealkylation sites (tertiary alicyclic amines) is 1. The Morgan fingerprint density at radius 2 is 1.90 bits per heavy atom. The Morgan fingerprint density at radius 3 is 2.61 bits per heavy atom. The second kappa shape index (κ2) is 8.81. The molecule has 0 aliphatic carbocycles. The number of benzene rings is 2. The highest BCUT2D eigenvalue weighted by Crippen LogP contribution is 2.25. The van der Waals surface area contributed by atoms with Gasteiger partial charge in [0.2, 0.25) is 5.91 Å². The van der Waals surface area contributed by atoms with Crippen LogP contribution in [0.2, 0.25) is 5.02 Å². The summed E-state index contributed by atoms with van der Waals surface area (Å²) in [5, 5.41) is 12.1. The zero-order valence-electron chi connectivity index (χ0n) is 17.5. The average Bonchev–Trinajstić information content (AvgIpc) is 2.76. The predicted molar refractivity (Wildman–Crippen MR) is 121 cm³/mol. The molecule has 0 unspecified atom stereocenters. The Hall–Kier alpha value is -2.70. The lowest BCUT2D eigenvalue weighted by molar-refractivity contribution is -0.139. The molecule has 7 heteroatoms. The van der Waals surface area contributed by atoms with E-state index < -0.39 is 5.60 Å². The molecule has 2 aromatic carbocycles. The molecule has 1 aromatic heterocycles. The summed E-state index contributed by atoms with van der Waals surface area (Å²) in [5.74, 6) is -0.0138. The Kier molecular flexibility index (Phi) is 6.12. The summed E-state index contributed by atoms with van der Waals surface area (Å²) in [4.78, 5) is 31.8. The SMILES string of the molecule is C[C@@H](Cc1ccccc1)C(=O)N1CCC(O)(Cn2cnc3cc(Cl)ccc3c2=O)CC1. The quantitative estimate of drug-likeness (QED) is 0.662. The van der Waals surface area contributed by atoms with Crippen molar-refractivity contribution < 1.29 is 9.90 Å². The van der Waals surface area contributed by atoms with Crippen LogP contribution in [-0.2, 0) is 17.8 Å². The lowest BCUT2D eigenvalue weighted by Crippen LogP contribution is -2.50. The molecule has 2 heterocycles. The van der Waals surface area contributed by atoms with Crippen LogP contribution in [0.4, 0.5) is 0 Å². The molecule has 1 N–H and O–H groups in total. The molecular weight excluding hydrogens is 414 g/mol. The molecule has 1 fully saturated rings. The van der Waals surface area contributed by atoms with Crippen LogP contribution in [0.5, 0.6) is 0 Å². The van der Waals surface area contributed by atoms with E-state index in [1.54, 1.807) is 18.2 Å². The van der Waals surface area contributed by atoms with E-state index in [2.05, 4.69) is 4.98 Å². The molecule has 0 radical (unpaired) electrons. The van der Waals surface area contributed by atoms with E-state index in [1.165, 1.54) is 10.9 Å². The third-order valence-corrected chi connectivity index (χ3v) is 6.30. The summed E-state index contributed by atoms with van der Waals surface area (Å²) < 4.78 is 1.45. The Balaban J connectivity index is 1.40. The molecule has 31 heavy (non-hydrogen) atoms. The van der Waals surface area contributed by atoms with Crippen molar-refractivity contribution in [3.8, 4) is 0 Å². The summed E-state index contributed by atoms with van der Waals surface area (Å²) in [6.45, 7) is 3.04. The smallest absolute Gasteiger partial charge is 0.261 e. The van der Waals surface area contributed by atoms with Gasteiger partial charge in [0.25, 0.3) is 5.56 Å². The Morgan fingerprint density at radius 1 is 1.19 bits per heavy atom. The third kappa shape index (κ3) is 4.81. The van der Waals surface area contributed by atoms with Gasteiger partial charge in [-0.1, -0.05) is 48.9 Å². The van der Waals surface area contributed by atoms with Gasteiger partial charge in [-0.2, -0.15) is 0 Å². The number of carbonyl (C=O) groups is 1. The first-order chi connectivity index (χ1) is 14.8. The maximum Gasteiger partial charge on any atom is 0.261 e. The Bertz CT molecular complexity index is 1140. The standard InChI is InChI=1S/C24H26ClN3O3/c1-17(13-18-5-3-2-4-6-18)22(29)27-11-9-24(31,10-12-27)15-28-16-26-21-14-19(25)7-8-20(21)23(28)30/h2-8,14,16-17,31H,9-13,15H2,1H3/t17-/m0/s1. The van der Waals surface area contributed by atoms with Crippen molar-refractivity contribution in [2.45, 2.75) is 38.3 Å². The van der Waals surface area contributed by atoms with Crippen molar-refractivity contribution in [3.05, 3.63) is 75.8 Å². The second-order valence-corrected chi connectivity index (χ2v) is 8.92. The minimum atomic E-state index is -1.05. The predicted octanol–water partition coefficient (Wildman–Crippen LogP) is 3.28. The molecule has 1 atom stereocenters. The van der Waals surface area contributed by atoms with Gasteiger partial charge >= 0.3 is 0 Å². The van der Waals surface area contributed by atoms with E-state index in [9.17, 15) is 14.7 Å². The molecule has 0 saturated carbocycles. The average molecular weight is 440 g/mol. The maximum absolute atomic E-state index is 12.9. The largest absolute Gasteiger partial charge is 0.388 e. The minimum Gasteiger partial charge on any atom is -0.388 e. The summed E-state index contributed by atoms with van der Waals surface area (Å²) in [7, 11) is 0. The van der Waals surface area contributed by atoms with E-state index >= 15 is 0 Å². The molecule has 1 aliphatic heterocycles. The van der Waals surface area contributed by atoms with E-state index in [-0.39, 0.29) is 23.9 Å². The van der Waals surface area contributed by atoms with Gasteiger partial charge < -0.3 is 10.0 Å². The van der Waals surface area contributed by atoms with Crippen LogP contribution in [0.15, 0.2) is 59.7 Å². The van der Waals surface area contributed by atoms with Gasteiger partial charge in [-0.25, -0.2) is 4.98 Å². The van der Waals surface area contributed by atoms with Crippen molar-refractivity contribution in [2.24, 2.45) is 5.92 Å². The molecule has 1 amide bonds. The number of rotatable bonds is 5. The van der Waals surface area contributed by atoms with Gasteiger partial charge in [0.15, 0.2) is 0 Å². The third-order valence-electron chi connectivity index (χ3n) is 6.06. The maximum atomic E-state index is 12.9. The van der Waals surface area contributed by atoms with Crippen molar-refractivity contribution in [1.29, 1.82) is 0 Å². The molecule has 162 valence electrons. The number of aromatic nitrogens is 2. The normalized spacial score (nSPS) is 16.9. The van der Waals surface area contributed by atoms with Crippen LogP contribution in [-0.4, -0.2) is 44.2 Å². The van der Waals surface area contributed by atoms with E-state index in [1.807, 2.05) is 42.2 Å². The van der Waals surface area contributed by atoms with Crippen LogP contribution in [0.25, 0.3) is 10.9 Å². The zero-order chi connectivity index (χ0) is 22.0. The zero-order valence-corrected chi connectivity index (χ0v) is 18.3. The molecule has 1 aliphatic rings. The molecule has 6 nitrogen and oxygen atoms in total. The monoisotopic (exact) mass is 439 g/mol. The fraction of sp³-hybridized carbons (Fsp3) is 0.375. The summed E-state index contributed by atoms with van der Waals surface area (Å²) >= 11 is 5.97. The van der Waals surface area contributed by atoms with Gasteiger partial charge in [-0.15, -0.1) is 0 Å². The van der Waals surface area contributed by atoms with E-state index in [0.717, 1.165) is 5.56 Å². The summed E-state index contributed by atoms with van der Waals surface area (Å²) in [6.07, 6.45) is 2.99. The first-order valence-electron chi connectivity index (χ1n) is 10.5. The molecule has 3 aromatic rings. The van der Waals surface area contributed by atoms with Crippen LogP contribution in [0.1, 0.15) is 25.3 Å². The minimum absolute atomic E-state index is 0.104. The molecule has 0 spiro atoms. The second-order valence-electron chi connectivity index (χ2n) is 8.48. The lowest BCUT2D eigenvalue weighted by atomic mass is 9.90. The summed E-state index contributed by atoms with van der Waals surface area (Å²) in [6, 6.07) is 14.9. The first-order valence-corrected chi connectivity index (χ1v) is 10.9. The number of carbonyl (C=O) groups excluding carboxylic acids is 1. The number of amides is 1. The number of fused-ring (bicyclic) bond motifs is 1. The van der Waals surface area contributed by atoms with Crippen molar-refractivity contribution in [2.75, 3.05) is 13.1 Å². The molecule has 1 saturated heterocycles. The number of nitrogens with zero attached hydrogens (tertiary/aromatic N) is 3. The summed E-state index contributed by atoms with van der Waals surface area (Å²) in [5.41, 5.74) is 0.422. The van der Waals surface area contributed by atoms with Gasteiger partial charge in [0.05, 0.1) is 29.4 Å². The van der Waals surface area contributed by atoms with E-state index in [0.29, 0.717) is 48.3 Å². The van der Waals surface area contributed by atoms with Crippen LogP contribution in [0, 0.1) is 5.92 Å². The van der Waals surface area contributed by atoms with Gasteiger partial charge in [0, 0.05) is 24.0 Å². The number of hydrogen-bond donors (Lipinski definition) is 1. The van der Waals surface area contributed by atoms with Crippen molar-refractivity contribution >= 4 is 28.4 Å². The van der Waals surface area contributed by atoms with Crippen molar-refractivity contribution in [3.63, 3.8) is 0 Å². The fourth-order valence-corrected chi connectivity index (χ4v) is 4.40. The first kappa shape index (κ1) is 21.5. The fourth-order valence-electron chi connectivity index (χ4n) is 4.23. The number of aliphatic hydroxyl groups is 1. The Labute approximate surface area is 186 Å². The van der Waals surface area contributed by atoms with Gasteiger partial charge in [-0.3, -0.25) is 14.2 Å². The number of halogens is 1. The highest BCUT2D eigenvalue weighted by Gasteiger charge is 2.35. The lowest BCUT2D eigenvalue weighted by Gasteiger charge is -2.39. The number of piperidine rings is 1. The van der Waals surface area contributed by atoms with Gasteiger partial charge in [-0.05, 0) is 43.0 Å². The van der Waals surface area contributed by atoms with Crippen LogP contribution in [0.3, 0.4) is 0 Å². The highest BCUT2D eigenvalue weighted by atomic mass is 35.5. The molecule has 0 bridgehead atoms. The highest BCUT2D eigenvalue weighted by molar-refractivity contribution is 6.31. The van der Waals surface area contributed by atoms with Crippen LogP contribution >= 0.6 is 11.6 Å². The molecular formula is C24H26ClN3O3.